The van der Waals surface area contributed by atoms with Crippen molar-refractivity contribution in [3.8, 4) is 11.5 Å². The van der Waals surface area contributed by atoms with Crippen LogP contribution in [0.3, 0.4) is 0 Å². The normalized spacial score (nSPS) is 10.8. The van der Waals surface area contributed by atoms with Crippen molar-refractivity contribution in [3.05, 3.63) is 63.7 Å². The number of halogens is 2. The Morgan fingerprint density at radius 2 is 2.00 bits per heavy atom. The predicted octanol–water partition coefficient (Wildman–Crippen LogP) is 3.65. The molecule has 0 aliphatic rings. The average Bonchev–Trinajstić information content (AvgIpc) is 2.38. The Balaban J connectivity index is 2.28. The lowest BCUT2D eigenvalue weighted by molar-refractivity contribution is 0.517. The van der Waals surface area contributed by atoms with Gasteiger partial charge in [-0.3, -0.25) is 0 Å². The van der Waals surface area contributed by atoms with Crippen LogP contribution < -0.4 is 5.63 Å². The standard InChI is InChI=1S/C14H7ClFNO2/c15-9-4-5-11-12(7-9)17-13(19-14(11)18)8-2-1-3-10(16)6-8/h1-7H. The number of hydrogen-bond donors (Lipinski definition) is 0. The van der Waals surface area contributed by atoms with Gasteiger partial charge in [0.05, 0.1) is 10.9 Å². The predicted molar refractivity (Wildman–Crippen MR) is 70.7 cm³/mol. The average molecular weight is 276 g/mol. The molecule has 1 heterocycles. The van der Waals surface area contributed by atoms with Gasteiger partial charge in [0.1, 0.15) is 5.82 Å². The Morgan fingerprint density at radius 1 is 1.16 bits per heavy atom. The summed E-state index contributed by atoms with van der Waals surface area (Å²) in [6.45, 7) is 0. The summed E-state index contributed by atoms with van der Waals surface area (Å²) in [5.41, 5.74) is 0.294. The lowest BCUT2D eigenvalue weighted by atomic mass is 10.2. The molecule has 0 spiro atoms. The van der Waals surface area contributed by atoms with Crippen molar-refractivity contribution < 1.29 is 8.81 Å². The minimum atomic E-state index is -0.527. The highest BCUT2D eigenvalue weighted by molar-refractivity contribution is 6.31. The van der Waals surface area contributed by atoms with E-state index in [1.54, 1.807) is 24.3 Å². The Hall–Kier alpha value is -2.20. The van der Waals surface area contributed by atoms with Crippen LogP contribution in [0.25, 0.3) is 22.4 Å². The number of fused-ring (bicyclic) bond motifs is 1. The maximum absolute atomic E-state index is 13.2. The molecule has 0 radical (unpaired) electrons. The highest BCUT2D eigenvalue weighted by Gasteiger charge is 2.09. The molecule has 0 atom stereocenters. The molecule has 0 unspecified atom stereocenters. The summed E-state index contributed by atoms with van der Waals surface area (Å²) in [6.07, 6.45) is 0. The Bertz CT molecular complexity index is 829. The van der Waals surface area contributed by atoms with Crippen molar-refractivity contribution in [1.29, 1.82) is 0 Å². The van der Waals surface area contributed by atoms with Crippen LogP contribution in [0.4, 0.5) is 4.39 Å². The first-order valence-corrected chi connectivity index (χ1v) is 5.87. The highest BCUT2D eigenvalue weighted by atomic mass is 35.5. The van der Waals surface area contributed by atoms with Crippen molar-refractivity contribution in [2.75, 3.05) is 0 Å². The molecule has 0 fully saturated rings. The number of aromatic nitrogens is 1. The molecular weight excluding hydrogens is 269 g/mol. The molecule has 3 aromatic rings. The second-order valence-corrected chi connectivity index (χ2v) is 4.41. The first kappa shape index (κ1) is 11.9. The maximum atomic E-state index is 13.2. The van der Waals surface area contributed by atoms with Gasteiger partial charge in [-0.1, -0.05) is 17.7 Å². The van der Waals surface area contributed by atoms with Gasteiger partial charge < -0.3 is 4.42 Å². The van der Waals surface area contributed by atoms with Crippen LogP contribution in [-0.2, 0) is 0 Å². The topological polar surface area (TPSA) is 43.1 Å². The van der Waals surface area contributed by atoms with Crippen LogP contribution in [0.15, 0.2) is 51.7 Å². The molecule has 0 aliphatic carbocycles. The Kier molecular flexibility index (Phi) is 2.80. The van der Waals surface area contributed by atoms with Crippen molar-refractivity contribution in [2.24, 2.45) is 0 Å². The fraction of sp³-hybridized carbons (Fsp3) is 0. The van der Waals surface area contributed by atoms with E-state index in [1.165, 1.54) is 18.2 Å². The molecule has 94 valence electrons. The van der Waals surface area contributed by atoms with Crippen LogP contribution in [0, 0.1) is 5.82 Å². The van der Waals surface area contributed by atoms with Gasteiger partial charge in [-0.2, -0.15) is 0 Å². The molecule has 2 aromatic carbocycles. The molecule has 0 amide bonds. The molecule has 0 saturated heterocycles. The van der Waals surface area contributed by atoms with E-state index in [0.29, 0.717) is 21.5 Å². The zero-order valence-corrected chi connectivity index (χ0v) is 10.3. The van der Waals surface area contributed by atoms with Crippen LogP contribution >= 0.6 is 11.6 Å². The summed E-state index contributed by atoms with van der Waals surface area (Å²) in [5.74, 6) is -0.354. The third-order valence-corrected chi connectivity index (χ3v) is 2.90. The molecular formula is C14H7ClFNO2. The minimum absolute atomic E-state index is 0.0688. The third kappa shape index (κ3) is 2.22. The molecule has 0 bridgehead atoms. The zero-order valence-electron chi connectivity index (χ0n) is 9.56. The van der Waals surface area contributed by atoms with E-state index in [4.69, 9.17) is 16.0 Å². The van der Waals surface area contributed by atoms with Gasteiger partial charge in [-0.15, -0.1) is 0 Å². The van der Waals surface area contributed by atoms with Gasteiger partial charge in [0.25, 0.3) is 0 Å². The molecule has 0 aliphatic heterocycles. The molecule has 19 heavy (non-hydrogen) atoms. The number of benzene rings is 2. The third-order valence-electron chi connectivity index (χ3n) is 2.66. The molecule has 3 rings (SSSR count). The number of rotatable bonds is 1. The monoisotopic (exact) mass is 275 g/mol. The lowest BCUT2D eigenvalue weighted by Gasteiger charge is -2.02. The van der Waals surface area contributed by atoms with Crippen molar-refractivity contribution in [3.63, 3.8) is 0 Å². The fourth-order valence-electron chi connectivity index (χ4n) is 1.79. The number of hydrogen-bond acceptors (Lipinski definition) is 3. The Morgan fingerprint density at radius 3 is 2.79 bits per heavy atom. The van der Waals surface area contributed by atoms with E-state index < -0.39 is 11.4 Å². The largest absolute Gasteiger partial charge is 0.403 e. The van der Waals surface area contributed by atoms with Crippen molar-refractivity contribution in [1.82, 2.24) is 4.98 Å². The second-order valence-electron chi connectivity index (χ2n) is 3.98. The smallest absolute Gasteiger partial charge is 0.347 e. The summed E-state index contributed by atoms with van der Waals surface area (Å²) < 4.78 is 18.3. The van der Waals surface area contributed by atoms with Crippen LogP contribution in [0.1, 0.15) is 0 Å². The van der Waals surface area contributed by atoms with Crippen molar-refractivity contribution in [2.45, 2.75) is 0 Å². The maximum Gasteiger partial charge on any atom is 0.347 e. The minimum Gasteiger partial charge on any atom is -0.403 e. The summed E-state index contributed by atoms with van der Waals surface area (Å²) in [4.78, 5) is 16.0. The van der Waals surface area contributed by atoms with Crippen LogP contribution in [0.2, 0.25) is 5.02 Å². The van der Waals surface area contributed by atoms with E-state index in [2.05, 4.69) is 4.98 Å². The summed E-state index contributed by atoms with van der Waals surface area (Å²) in [6, 6.07) is 10.4. The van der Waals surface area contributed by atoms with Gasteiger partial charge in [0.15, 0.2) is 0 Å². The van der Waals surface area contributed by atoms with Gasteiger partial charge in [-0.25, -0.2) is 14.2 Å². The van der Waals surface area contributed by atoms with E-state index in [0.717, 1.165) is 0 Å². The number of nitrogens with zero attached hydrogens (tertiary/aromatic N) is 1. The van der Waals surface area contributed by atoms with E-state index >= 15 is 0 Å². The van der Waals surface area contributed by atoms with Gasteiger partial charge >= 0.3 is 5.63 Å². The molecule has 3 nitrogen and oxygen atoms in total. The summed E-state index contributed by atoms with van der Waals surface area (Å²) in [5, 5.41) is 0.806. The fourth-order valence-corrected chi connectivity index (χ4v) is 1.96. The second kappa shape index (κ2) is 4.48. The zero-order chi connectivity index (χ0) is 13.4. The van der Waals surface area contributed by atoms with Gasteiger partial charge in [0, 0.05) is 10.6 Å². The highest BCUT2D eigenvalue weighted by Crippen LogP contribution is 2.21. The Labute approximate surface area is 112 Å². The van der Waals surface area contributed by atoms with E-state index in [1.807, 2.05) is 0 Å². The lowest BCUT2D eigenvalue weighted by Crippen LogP contribution is -2.02. The first-order valence-electron chi connectivity index (χ1n) is 5.50. The first-order chi connectivity index (χ1) is 9.13. The summed E-state index contributed by atoms with van der Waals surface area (Å²) in [7, 11) is 0. The van der Waals surface area contributed by atoms with Gasteiger partial charge in [0.2, 0.25) is 5.89 Å². The van der Waals surface area contributed by atoms with E-state index in [9.17, 15) is 9.18 Å². The van der Waals surface area contributed by atoms with Crippen LogP contribution in [-0.4, -0.2) is 4.98 Å². The van der Waals surface area contributed by atoms with Gasteiger partial charge in [-0.05, 0) is 36.4 Å². The molecule has 1 aromatic heterocycles. The molecule has 0 saturated carbocycles. The quantitative estimate of drug-likeness (QED) is 0.681. The van der Waals surface area contributed by atoms with Crippen molar-refractivity contribution >= 4 is 22.5 Å². The van der Waals surface area contributed by atoms with E-state index in [-0.39, 0.29) is 5.89 Å². The molecule has 5 heteroatoms. The summed E-state index contributed by atoms with van der Waals surface area (Å²) >= 11 is 5.86. The SMILES string of the molecule is O=c1oc(-c2cccc(F)c2)nc2cc(Cl)ccc12. The molecule has 0 N–H and O–H groups in total. The van der Waals surface area contributed by atoms with Crippen LogP contribution in [0.5, 0.6) is 0 Å².